The van der Waals surface area contributed by atoms with Gasteiger partial charge in [-0.3, -0.25) is 0 Å². The van der Waals surface area contributed by atoms with Crippen LogP contribution >= 0.6 is 0 Å². The van der Waals surface area contributed by atoms with Crippen molar-refractivity contribution in [1.82, 2.24) is 0 Å². The number of aryl methyl sites for hydroxylation is 2. The fourth-order valence-electron chi connectivity index (χ4n) is 2.38. The molecular weight excluding hydrogens is 224 g/mol. The fraction of sp³-hybridized carbons (Fsp3) is 0.375. The van der Waals surface area contributed by atoms with Gasteiger partial charge in [0.05, 0.1) is 12.5 Å². The molecule has 0 atom stereocenters. The Hall–Kier alpha value is -1.70. The van der Waals surface area contributed by atoms with Gasteiger partial charge in [-0.15, -0.1) is 0 Å². The molecule has 2 heteroatoms. The zero-order chi connectivity index (χ0) is 13.1. The van der Waals surface area contributed by atoms with Crippen molar-refractivity contribution < 1.29 is 9.84 Å². The van der Waals surface area contributed by atoms with E-state index in [4.69, 9.17) is 4.74 Å². The van der Waals surface area contributed by atoms with E-state index in [2.05, 4.69) is 19.1 Å². The molecule has 0 aromatic heterocycles. The minimum absolute atomic E-state index is 0.306. The predicted octanol–water partition coefficient (Wildman–Crippen LogP) is 4.21. The van der Waals surface area contributed by atoms with Gasteiger partial charge in [0.25, 0.3) is 0 Å². The van der Waals surface area contributed by atoms with Crippen LogP contribution in [0.5, 0.6) is 11.5 Å². The molecule has 0 amide bonds. The van der Waals surface area contributed by atoms with E-state index in [1.54, 1.807) is 13.2 Å². The number of unbranched alkanes of at least 4 members (excludes halogenated alkanes) is 1. The van der Waals surface area contributed by atoms with Crippen LogP contribution in [0.2, 0.25) is 0 Å². The monoisotopic (exact) mass is 244 g/mol. The lowest BCUT2D eigenvalue weighted by atomic mass is 9.97. The van der Waals surface area contributed by atoms with Crippen LogP contribution in [0.4, 0.5) is 0 Å². The Kier molecular flexibility index (Phi) is 3.75. The van der Waals surface area contributed by atoms with Crippen LogP contribution < -0.4 is 4.74 Å². The first-order valence-electron chi connectivity index (χ1n) is 6.46. The summed E-state index contributed by atoms with van der Waals surface area (Å²) in [6.07, 6.45) is 3.38. The van der Waals surface area contributed by atoms with Crippen molar-refractivity contribution in [3.8, 4) is 11.5 Å². The third-order valence-electron chi connectivity index (χ3n) is 3.31. The summed E-state index contributed by atoms with van der Waals surface area (Å²) >= 11 is 0. The van der Waals surface area contributed by atoms with Gasteiger partial charge in [0.15, 0.2) is 0 Å². The molecular formula is C16H20O2. The molecule has 0 spiro atoms. The third-order valence-corrected chi connectivity index (χ3v) is 3.31. The number of phenolic OH excluding ortho intramolecular Hbond substituents is 1. The highest BCUT2D eigenvalue weighted by Gasteiger charge is 2.11. The second-order valence-electron chi connectivity index (χ2n) is 4.74. The van der Waals surface area contributed by atoms with Gasteiger partial charge in [0, 0.05) is 0 Å². The van der Waals surface area contributed by atoms with E-state index in [0.29, 0.717) is 5.75 Å². The van der Waals surface area contributed by atoms with Gasteiger partial charge in [-0.2, -0.15) is 0 Å². The lowest BCUT2D eigenvalue weighted by Gasteiger charge is -2.12. The SMILES string of the molecule is CCCCc1ccc(OC)c2c(O)cc(C)cc12. The van der Waals surface area contributed by atoms with E-state index < -0.39 is 0 Å². The molecule has 2 aromatic rings. The van der Waals surface area contributed by atoms with Crippen LogP contribution in [0.1, 0.15) is 30.9 Å². The van der Waals surface area contributed by atoms with E-state index in [1.165, 1.54) is 12.0 Å². The Morgan fingerprint density at radius 1 is 1.22 bits per heavy atom. The number of phenols is 1. The van der Waals surface area contributed by atoms with Crippen molar-refractivity contribution >= 4 is 10.8 Å². The lowest BCUT2D eigenvalue weighted by Crippen LogP contribution is -1.92. The predicted molar refractivity (Wildman–Crippen MR) is 75.5 cm³/mol. The summed E-state index contributed by atoms with van der Waals surface area (Å²) in [5.41, 5.74) is 2.36. The maximum atomic E-state index is 10.1. The van der Waals surface area contributed by atoms with Crippen molar-refractivity contribution in [2.75, 3.05) is 7.11 Å². The maximum absolute atomic E-state index is 10.1. The molecule has 96 valence electrons. The largest absolute Gasteiger partial charge is 0.507 e. The second-order valence-corrected chi connectivity index (χ2v) is 4.74. The number of fused-ring (bicyclic) bond motifs is 1. The highest BCUT2D eigenvalue weighted by atomic mass is 16.5. The number of rotatable bonds is 4. The van der Waals surface area contributed by atoms with E-state index >= 15 is 0 Å². The van der Waals surface area contributed by atoms with Gasteiger partial charge in [0.1, 0.15) is 11.5 Å². The standard InChI is InChI=1S/C16H20O2/c1-4-5-6-12-7-8-15(18-3)16-13(12)9-11(2)10-14(16)17/h7-10,17H,4-6H2,1-3H3. The van der Waals surface area contributed by atoms with Crippen LogP contribution in [0.3, 0.4) is 0 Å². The van der Waals surface area contributed by atoms with E-state index in [0.717, 1.165) is 34.9 Å². The number of aromatic hydroxyl groups is 1. The number of hydrogen-bond donors (Lipinski definition) is 1. The highest BCUT2D eigenvalue weighted by Crippen LogP contribution is 2.36. The Morgan fingerprint density at radius 2 is 2.00 bits per heavy atom. The van der Waals surface area contributed by atoms with Gasteiger partial charge in [-0.1, -0.05) is 25.5 Å². The average molecular weight is 244 g/mol. The first-order valence-corrected chi connectivity index (χ1v) is 6.46. The summed E-state index contributed by atoms with van der Waals surface area (Å²) in [6.45, 7) is 4.19. The summed E-state index contributed by atoms with van der Waals surface area (Å²) in [5.74, 6) is 1.04. The molecule has 2 rings (SSSR count). The van der Waals surface area contributed by atoms with Gasteiger partial charge in [-0.25, -0.2) is 0 Å². The molecule has 0 saturated carbocycles. The first kappa shape index (κ1) is 12.7. The summed E-state index contributed by atoms with van der Waals surface area (Å²) in [6, 6.07) is 7.97. The molecule has 0 aliphatic carbocycles. The summed E-state index contributed by atoms with van der Waals surface area (Å²) in [4.78, 5) is 0. The molecule has 1 N–H and O–H groups in total. The van der Waals surface area contributed by atoms with Crippen LogP contribution in [-0.2, 0) is 6.42 Å². The molecule has 0 aliphatic heterocycles. The molecule has 2 nitrogen and oxygen atoms in total. The number of benzene rings is 2. The third kappa shape index (κ3) is 2.28. The smallest absolute Gasteiger partial charge is 0.130 e. The molecule has 18 heavy (non-hydrogen) atoms. The second kappa shape index (κ2) is 5.30. The summed E-state index contributed by atoms with van der Waals surface area (Å²) < 4.78 is 5.35. The fourth-order valence-corrected chi connectivity index (χ4v) is 2.38. The van der Waals surface area contributed by atoms with Crippen LogP contribution in [0.15, 0.2) is 24.3 Å². The Labute approximate surface area is 108 Å². The van der Waals surface area contributed by atoms with Gasteiger partial charge in [-0.05, 0) is 48.4 Å². The lowest BCUT2D eigenvalue weighted by molar-refractivity contribution is 0.416. The molecule has 0 heterocycles. The topological polar surface area (TPSA) is 29.5 Å². The normalized spacial score (nSPS) is 10.8. The molecule has 0 fully saturated rings. The zero-order valence-corrected chi connectivity index (χ0v) is 11.3. The number of hydrogen-bond acceptors (Lipinski definition) is 2. The maximum Gasteiger partial charge on any atom is 0.130 e. The first-order chi connectivity index (χ1) is 8.67. The van der Waals surface area contributed by atoms with Crippen LogP contribution in [0.25, 0.3) is 10.8 Å². The minimum atomic E-state index is 0.306. The minimum Gasteiger partial charge on any atom is -0.507 e. The van der Waals surface area contributed by atoms with Crippen LogP contribution in [0, 0.1) is 6.92 Å². The Morgan fingerprint density at radius 3 is 2.67 bits per heavy atom. The molecule has 0 bridgehead atoms. The quantitative estimate of drug-likeness (QED) is 0.873. The summed E-state index contributed by atoms with van der Waals surface area (Å²) in [7, 11) is 1.64. The van der Waals surface area contributed by atoms with Crippen molar-refractivity contribution in [3.63, 3.8) is 0 Å². The Bertz CT molecular complexity index is 559. The molecule has 2 aromatic carbocycles. The van der Waals surface area contributed by atoms with E-state index in [9.17, 15) is 5.11 Å². The molecule has 0 radical (unpaired) electrons. The Balaban J connectivity index is 2.67. The molecule has 0 saturated heterocycles. The van der Waals surface area contributed by atoms with Gasteiger partial charge < -0.3 is 9.84 Å². The zero-order valence-electron chi connectivity index (χ0n) is 11.3. The van der Waals surface area contributed by atoms with Gasteiger partial charge in [0.2, 0.25) is 0 Å². The highest BCUT2D eigenvalue weighted by molar-refractivity contribution is 5.96. The van der Waals surface area contributed by atoms with Crippen LogP contribution in [-0.4, -0.2) is 12.2 Å². The van der Waals surface area contributed by atoms with Crippen molar-refractivity contribution in [2.24, 2.45) is 0 Å². The van der Waals surface area contributed by atoms with Crippen molar-refractivity contribution in [3.05, 3.63) is 35.4 Å². The average Bonchev–Trinajstić information content (AvgIpc) is 2.35. The van der Waals surface area contributed by atoms with E-state index in [1.807, 2.05) is 13.0 Å². The summed E-state index contributed by atoms with van der Waals surface area (Å²) in [5, 5.41) is 12.1. The number of ether oxygens (including phenoxy) is 1. The van der Waals surface area contributed by atoms with Crippen molar-refractivity contribution in [1.29, 1.82) is 0 Å². The van der Waals surface area contributed by atoms with Gasteiger partial charge >= 0.3 is 0 Å². The van der Waals surface area contributed by atoms with Crippen molar-refractivity contribution in [2.45, 2.75) is 33.1 Å². The molecule has 0 unspecified atom stereocenters. The molecule has 0 aliphatic rings. The number of methoxy groups -OCH3 is 1. The van der Waals surface area contributed by atoms with E-state index in [-0.39, 0.29) is 0 Å².